The van der Waals surface area contributed by atoms with Crippen LogP contribution in [0.15, 0.2) is 29.2 Å². The lowest BCUT2D eigenvalue weighted by atomic mass is 10.0. The van der Waals surface area contributed by atoms with Crippen LogP contribution in [0.3, 0.4) is 0 Å². The molecule has 2 saturated heterocycles. The van der Waals surface area contributed by atoms with Gasteiger partial charge in [0.1, 0.15) is 16.8 Å². The van der Waals surface area contributed by atoms with E-state index in [2.05, 4.69) is 0 Å². The van der Waals surface area contributed by atoms with Crippen molar-refractivity contribution in [2.75, 3.05) is 39.3 Å². The number of amides is 2. The molecule has 3 rings (SSSR count). The number of likely N-dealkylation sites (tertiary alicyclic amines) is 1. The lowest BCUT2D eigenvalue weighted by Crippen LogP contribution is -2.55. The molecule has 0 unspecified atom stereocenters. The Kier molecular flexibility index (Phi) is 6.31. The number of nitrogens with zero attached hydrogens (tertiary/aromatic N) is 3. The number of hydrogen-bond donors (Lipinski definition) is 1. The van der Waals surface area contributed by atoms with Gasteiger partial charge in [-0.25, -0.2) is 12.8 Å². The van der Waals surface area contributed by atoms with Gasteiger partial charge in [-0.05, 0) is 31.4 Å². The second-order valence-electron chi connectivity index (χ2n) is 7.11. The Labute approximate surface area is 164 Å². The van der Waals surface area contributed by atoms with Gasteiger partial charge in [0.2, 0.25) is 21.8 Å². The van der Waals surface area contributed by atoms with Crippen molar-refractivity contribution in [1.82, 2.24) is 14.1 Å². The maximum atomic E-state index is 13.9. The van der Waals surface area contributed by atoms with Crippen LogP contribution in [0.1, 0.15) is 19.3 Å². The van der Waals surface area contributed by atoms with Crippen LogP contribution in [0.2, 0.25) is 0 Å². The van der Waals surface area contributed by atoms with Crippen molar-refractivity contribution in [3.63, 3.8) is 0 Å². The number of nitrogens with two attached hydrogens (primary N) is 1. The van der Waals surface area contributed by atoms with Gasteiger partial charge in [0, 0.05) is 32.7 Å². The van der Waals surface area contributed by atoms with Gasteiger partial charge >= 0.3 is 0 Å². The van der Waals surface area contributed by atoms with Gasteiger partial charge in [-0.2, -0.15) is 4.31 Å². The molecule has 0 aliphatic carbocycles. The molecule has 0 aromatic heterocycles. The van der Waals surface area contributed by atoms with Crippen LogP contribution in [-0.4, -0.2) is 79.6 Å². The summed E-state index contributed by atoms with van der Waals surface area (Å²) in [6, 6.07) is 4.73. The molecule has 8 nitrogen and oxygen atoms in total. The first-order valence-electron chi connectivity index (χ1n) is 9.36. The molecule has 2 aliphatic heterocycles. The summed E-state index contributed by atoms with van der Waals surface area (Å²) in [6.45, 7) is 1.67. The Hall–Kier alpha value is -2.04. The minimum absolute atomic E-state index is 0.108. The summed E-state index contributed by atoms with van der Waals surface area (Å²) in [5, 5.41) is 0. The third-order valence-electron chi connectivity index (χ3n) is 5.30. The lowest BCUT2D eigenvalue weighted by Gasteiger charge is -2.37. The number of hydrogen-bond acceptors (Lipinski definition) is 5. The highest BCUT2D eigenvalue weighted by Crippen LogP contribution is 2.21. The molecule has 10 heteroatoms. The van der Waals surface area contributed by atoms with Gasteiger partial charge in [0.05, 0.1) is 6.54 Å². The molecule has 2 amide bonds. The monoisotopic (exact) mass is 412 g/mol. The number of carbonyl (C=O) groups is 2. The van der Waals surface area contributed by atoms with Crippen molar-refractivity contribution >= 4 is 21.8 Å². The average Bonchev–Trinajstić information content (AvgIpc) is 2.68. The largest absolute Gasteiger partial charge is 0.368 e. The smallest absolute Gasteiger partial charge is 0.246 e. The predicted molar refractivity (Wildman–Crippen MR) is 100 cm³/mol. The van der Waals surface area contributed by atoms with Crippen molar-refractivity contribution in [1.29, 1.82) is 0 Å². The summed E-state index contributed by atoms with van der Waals surface area (Å²) in [6.07, 6.45) is 2.28. The van der Waals surface area contributed by atoms with E-state index in [0.717, 1.165) is 18.9 Å². The van der Waals surface area contributed by atoms with Crippen LogP contribution in [0.25, 0.3) is 0 Å². The van der Waals surface area contributed by atoms with E-state index >= 15 is 0 Å². The molecule has 0 saturated carbocycles. The fraction of sp³-hybridized carbons (Fsp3) is 0.556. The summed E-state index contributed by atoms with van der Waals surface area (Å²) in [5.41, 5.74) is 5.41. The minimum atomic E-state index is -3.91. The van der Waals surface area contributed by atoms with E-state index in [-0.39, 0.29) is 30.4 Å². The second-order valence-corrected chi connectivity index (χ2v) is 9.02. The van der Waals surface area contributed by atoms with Gasteiger partial charge in [-0.3, -0.25) is 14.5 Å². The molecule has 1 aromatic carbocycles. The van der Waals surface area contributed by atoms with E-state index < -0.39 is 27.8 Å². The van der Waals surface area contributed by atoms with Crippen molar-refractivity contribution in [3.05, 3.63) is 30.1 Å². The predicted octanol–water partition coefficient (Wildman–Crippen LogP) is -0.00160. The zero-order chi connectivity index (χ0) is 20.3. The number of piperazine rings is 1. The van der Waals surface area contributed by atoms with Crippen LogP contribution >= 0.6 is 0 Å². The SMILES string of the molecule is NC(=O)[C@@H]1CCCCN1C(=O)CN1CCN(S(=O)(=O)c2ccccc2F)CC1. The average molecular weight is 412 g/mol. The molecule has 154 valence electrons. The van der Waals surface area contributed by atoms with Crippen molar-refractivity contribution in [3.8, 4) is 0 Å². The number of sulfonamides is 1. The minimum Gasteiger partial charge on any atom is -0.368 e. The van der Waals surface area contributed by atoms with Gasteiger partial charge in [0.25, 0.3) is 0 Å². The molecular formula is C18H25FN4O4S. The highest BCUT2D eigenvalue weighted by molar-refractivity contribution is 7.89. The van der Waals surface area contributed by atoms with Crippen molar-refractivity contribution in [2.24, 2.45) is 5.73 Å². The lowest BCUT2D eigenvalue weighted by molar-refractivity contribution is -0.142. The first-order chi connectivity index (χ1) is 13.3. The topological polar surface area (TPSA) is 104 Å². The Morgan fingerprint density at radius 2 is 1.75 bits per heavy atom. The normalized spacial score (nSPS) is 22.2. The molecule has 2 fully saturated rings. The molecular weight excluding hydrogens is 387 g/mol. The van der Waals surface area contributed by atoms with E-state index in [1.165, 1.54) is 27.4 Å². The molecule has 0 radical (unpaired) electrons. The third kappa shape index (κ3) is 4.34. The van der Waals surface area contributed by atoms with E-state index in [1.807, 2.05) is 4.90 Å². The van der Waals surface area contributed by atoms with Crippen molar-refractivity contribution < 1.29 is 22.4 Å². The Balaban J connectivity index is 1.59. The Morgan fingerprint density at radius 3 is 2.39 bits per heavy atom. The quantitative estimate of drug-likeness (QED) is 0.733. The van der Waals surface area contributed by atoms with Crippen LogP contribution in [0, 0.1) is 5.82 Å². The Morgan fingerprint density at radius 1 is 1.07 bits per heavy atom. The molecule has 2 aliphatic rings. The zero-order valence-electron chi connectivity index (χ0n) is 15.6. The summed E-state index contributed by atoms with van der Waals surface area (Å²) in [5.74, 6) is -1.44. The van der Waals surface area contributed by atoms with Gasteiger partial charge in [-0.1, -0.05) is 12.1 Å². The number of halogens is 1. The molecule has 2 heterocycles. The molecule has 2 N–H and O–H groups in total. The van der Waals surface area contributed by atoms with Crippen LogP contribution in [-0.2, 0) is 19.6 Å². The summed E-state index contributed by atoms with van der Waals surface area (Å²) in [4.78, 5) is 27.3. The van der Waals surface area contributed by atoms with Crippen LogP contribution in [0.5, 0.6) is 0 Å². The van der Waals surface area contributed by atoms with Gasteiger partial charge in [-0.15, -0.1) is 0 Å². The fourth-order valence-electron chi connectivity index (χ4n) is 3.73. The number of carbonyl (C=O) groups excluding carboxylic acids is 2. The highest BCUT2D eigenvalue weighted by Gasteiger charge is 2.34. The molecule has 0 spiro atoms. The summed E-state index contributed by atoms with van der Waals surface area (Å²) < 4.78 is 40.4. The van der Waals surface area contributed by atoms with Crippen molar-refractivity contribution in [2.45, 2.75) is 30.2 Å². The van der Waals surface area contributed by atoms with Crippen LogP contribution < -0.4 is 5.73 Å². The van der Waals surface area contributed by atoms with E-state index in [1.54, 1.807) is 0 Å². The number of rotatable bonds is 5. The number of benzene rings is 1. The summed E-state index contributed by atoms with van der Waals surface area (Å²) >= 11 is 0. The van der Waals surface area contributed by atoms with Gasteiger partial charge in [0.15, 0.2) is 0 Å². The second kappa shape index (κ2) is 8.54. The van der Waals surface area contributed by atoms with Crippen LogP contribution in [0.4, 0.5) is 4.39 Å². The number of piperidine rings is 1. The number of primary amides is 1. The molecule has 28 heavy (non-hydrogen) atoms. The highest BCUT2D eigenvalue weighted by atomic mass is 32.2. The zero-order valence-corrected chi connectivity index (χ0v) is 16.4. The Bertz CT molecular complexity index is 840. The first kappa shape index (κ1) is 20.7. The van der Waals surface area contributed by atoms with E-state index in [0.29, 0.717) is 26.1 Å². The maximum absolute atomic E-state index is 13.9. The molecule has 1 atom stereocenters. The summed E-state index contributed by atoms with van der Waals surface area (Å²) in [7, 11) is -3.91. The first-order valence-corrected chi connectivity index (χ1v) is 10.8. The third-order valence-corrected chi connectivity index (χ3v) is 7.23. The van der Waals surface area contributed by atoms with E-state index in [9.17, 15) is 22.4 Å². The van der Waals surface area contributed by atoms with E-state index in [4.69, 9.17) is 5.73 Å². The maximum Gasteiger partial charge on any atom is 0.246 e. The molecule has 0 bridgehead atoms. The standard InChI is InChI=1S/C18H25FN4O4S/c19-14-5-1-2-7-16(14)28(26,27)22-11-9-21(10-12-22)13-17(24)23-8-4-3-6-15(23)18(20)25/h1-2,5,7,15H,3-4,6,8-13H2,(H2,20,25)/t15-/m0/s1. The fourth-order valence-corrected chi connectivity index (χ4v) is 5.22. The van der Waals surface area contributed by atoms with Gasteiger partial charge < -0.3 is 10.6 Å². The molecule has 1 aromatic rings.